The molecule has 19 heavy (non-hydrogen) atoms. The van der Waals surface area contributed by atoms with Crippen LogP contribution in [0.15, 0.2) is 5.10 Å². The molecule has 7 heteroatoms. The van der Waals surface area contributed by atoms with Crippen molar-refractivity contribution in [3.8, 4) is 0 Å². The van der Waals surface area contributed by atoms with Crippen LogP contribution in [-0.4, -0.2) is 41.6 Å². The van der Waals surface area contributed by atoms with Gasteiger partial charge in [0, 0.05) is 38.1 Å². The first-order valence-corrected chi connectivity index (χ1v) is 6.32. The minimum absolute atomic E-state index is 0. The second-order valence-electron chi connectivity index (χ2n) is 5.27. The van der Waals surface area contributed by atoms with Gasteiger partial charge in [0.15, 0.2) is 0 Å². The lowest BCUT2D eigenvalue weighted by Gasteiger charge is -2.35. The summed E-state index contributed by atoms with van der Waals surface area (Å²) in [5, 5.41) is 3.99. The molecule has 0 radical (unpaired) electrons. The van der Waals surface area contributed by atoms with E-state index >= 15 is 0 Å². The van der Waals surface area contributed by atoms with Gasteiger partial charge in [0.2, 0.25) is 11.8 Å². The number of carbonyl (C=O) groups is 1. The fourth-order valence-electron chi connectivity index (χ4n) is 2.56. The molecule has 1 atom stereocenters. The average molecular weight is 296 g/mol. The van der Waals surface area contributed by atoms with E-state index in [-0.39, 0.29) is 43.2 Å². The van der Waals surface area contributed by atoms with Gasteiger partial charge < -0.3 is 4.90 Å². The van der Waals surface area contributed by atoms with E-state index in [9.17, 15) is 13.6 Å². The Labute approximate surface area is 118 Å². The van der Waals surface area contributed by atoms with Crippen molar-refractivity contribution in [3.63, 3.8) is 0 Å². The molecule has 2 rings (SSSR count). The van der Waals surface area contributed by atoms with Crippen molar-refractivity contribution in [2.75, 3.05) is 7.05 Å². The van der Waals surface area contributed by atoms with Crippen molar-refractivity contribution in [1.82, 2.24) is 10.3 Å². The molecule has 0 spiro atoms. The highest BCUT2D eigenvalue weighted by Crippen LogP contribution is 2.34. The maximum atomic E-state index is 13.1. The number of nitrogens with one attached hydrogen (secondary N) is 1. The molecule has 4 nitrogen and oxygen atoms in total. The van der Waals surface area contributed by atoms with Crippen molar-refractivity contribution in [2.45, 2.75) is 57.0 Å². The zero-order valence-corrected chi connectivity index (χ0v) is 12.0. The molecule has 1 amide bonds. The van der Waals surface area contributed by atoms with E-state index in [4.69, 9.17) is 0 Å². The molecule has 0 aromatic rings. The lowest BCUT2D eigenvalue weighted by Crippen LogP contribution is -2.48. The Hall–Kier alpha value is -0.910. The van der Waals surface area contributed by atoms with Gasteiger partial charge in [-0.15, -0.1) is 12.4 Å². The smallest absolute Gasteiger partial charge is 0.248 e. The molecular weight excluding hydrogens is 276 g/mol. The van der Waals surface area contributed by atoms with E-state index in [0.29, 0.717) is 19.3 Å². The van der Waals surface area contributed by atoms with Crippen molar-refractivity contribution in [1.29, 1.82) is 0 Å². The van der Waals surface area contributed by atoms with E-state index < -0.39 is 5.92 Å². The van der Waals surface area contributed by atoms with E-state index in [1.165, 1.54) is 0 Å². The van der Waals surface area contributed by atoms with Crippen molar-refractivity contribution >= 4 is 24.0 Å². The number of halogens is 3. The number of likely N-dealkylation sites (N-methyl/N-ethyl adjacent to an activating group) is 1. The van der Waals surface area contributed by atoms with Gasteiger partial charge in [-0.2, -0.15) is 5.10 Å². The normalized spacial score (nSPS) is 26.1. The molecule has 0 aromatic carbocycles. The summed E-state index contributed by atoms with van der Waals surface area (Å²) in [4.78, 5) is 13.8. The van der Waals surface area contributed by atoms with E-state index in [0.717, 1.165) is 5.71 Å². The Kier molecular flexibility index (Phi) is 5.12. The third kappa shape index (κ3) is 3.78. The third-order valence-electron chi connectivity index (χ3n) is 3.79. The SMILES string of the molecule is CC1=NNC(C(=O)N(C)C2CCC(F)(F)CC2)C1.Cl. The van der Waals surface area contributed by atoms with Gasteiger partial charge in [-0.25, -0.2) is 8.78 Å². The summed E-state index contributed by atoms with van der Waals surface area (Å²) in [5.74, 6) is -2.60. The van der Waals surface area contributed by atoms with Crippen LogP contribution in [0.25, 0.3) is 0 Å². The molecule has 2 aliphatic rings. The van der Waals surface area contributed by atoms with Crippen LogP contribution < -0.4 is 5.43 Å². The number of nitrogens with zero attached hydrogens (tertiary/aromatic N) is 2. The minimum Gasteiger partial charge on any atom is -0.341 e. The highest BCUT2D eigenvalue weighted by Gasteiger charge is 2.38. The zero-order chi connectivity index (χ0) is 13.3. The maximum Gasteiger partial charge on any atom is 0.248 e. The first-order chi connectivity index (χ1) is 8.39. The van der Waals surface area contributed by atoms with E-state index in [2.05, 4.69) is 10.5 Å². The first kappa shape index (κ1) is 16.1. The van der Waals surface area contributed by atoms with Crippen molar-refractivity contribution in [3.05, 3.63) is 0 Å². The van der Waals surface area contributed by atoms with E-state index in [1.54, 1.807) is 11.9 Å². The summed E-state index contributed by atoms with van der Waals surface area (Å²) in [5.41, 5.74) is 3.69. The van der Waals surface area contributed by atoms with Gasteiger partial charge in [-0.3, -0.25) is 10.2 Å². The Morgan fingerprint density at radius 1 is 1.42 bits per heavy atom. The molecule has 1 aliphatic carbocycles. The van der Waals surface area contributed by atoms with Crippen LogP contribution in [0.1, 0.15) is 39.0 Å². The fraction of sp³-hybridized carbons (Fsp3) is 0.833. The summed E-state index contributed by atoms with van der Waals surface area (Å²) >= 11 is 0. The summed E-state index contributed by atoms with van der Waals surface area (Å²) in [6, 6.07) is -0.391. The van der Waals surface area contributed by atoms with Gasteiger partial charge in [-0.1, -0.05) is 0 Å². The average Bonchev–Trinajstić information content (AvgIpc) is 2.74. The van der Waals surface area contributed by atoms with E-state index in [1.807, 2.05) is 6.92 Å². The zero-order valence-electron chi connectivity index (χ0n) is 11.2. The van der Waals surface area contributed by atoms with Gasteiger partial charge in [0.1, 0.15) is 6.04 Å². The summed E-state index contributed by atoms with van der Waals surface area (Å²) in [6.07, 6.45) is 1.11. The predicted octanol–water partition coefficient (Wildman–Crippen LogP) is 2.18. The highest BCUT2D eigenvalue weighted by molar-refractivity contribution is 5.92. The van der Waals surface area contributed by atoms with Crippen LogP contribution in [0.4, 0.5) is 8.78 Å². The lowest BCUT2D eigenvalue weighted by atomic mass is 9.91. The van der Waals surface area contributed by atoms with Gasteiger partial charge in [-0.05, 0) is 19.8 Å². The number of carbonyl (C=O) groups excluding carboxylic acids is 1. The van der Waals surface area contributed by atoms with Gasteiger partial charge in [0.05, 0.1) is 0 Å². The molecule has 1 heterocycles. The molecule has 1 aliphatic heterocycles. The summed E-state index contributed by atoms with van der Waals surface area (Å²) in [7, 11) is 1.70. The van der Waals surface area contributed by atoms with Crippen LogP contribution in [0.3, 0.4) is 0 Å². The largest absolute Gasteiger partial charge is 0.341 e. The maximum absolute atomic E-state index is 13.1. The standard InChI is InChI=1S/C12H19F2N3O.ClH/c1-8-7-10(16-15-8)11(18)17(2)9-3-5-12(13,14)6-4-9;/h9-10,16H,3-7H2,1-2H3;1H. The highest BCUT2D eigenvalue weighted by atomic mass is 35.5. The Bertz CT molecular complexity index is 366. The molecule has 1 unspecified atom stereocenters. The Morgan fingerprint density at radius 3 is 2.47 bits per heavy atom. The molecular formula is C12H20ClF2N3O. The molecule has 0 aromatic heterocycles. The summed E-state index contributed by atoms with van der Waals surface area (Å²) in [6.45, 7) is 1.86. The second-order valence-corrected chi connectivity index (χ2v) is 5.27. The minimum atomic E-state index is -2.55. The quantitative estimate of drug-likeness (QED) is 0.849. The second kappa shape index (κ2) is 6.03. The number of rotatable bonds is 2. The Balaban J connectivity index is 0.00000180. The third-order valence-corrected chi connectivity index (χ3v) is 3.79. The van der Waals surface area contributed by atoms with Crippen LogP contribution >= 0.6 is 12.4 Å². The number of hydrazone groups is 1. The topological polar surface area (TPSA) is 44.7 Å². The number of alkyl halides is 2. The van der Waals surface area contributed by atoms with Gasteiger partial charge in [0.25, 0.3) is 0 Å². The van der Waals surface area contributed by atoms with Crippen molar-refractivity contribution < 1.29 is 13.6 Å². The first-order valence-electron chi connectivity index (χ1n) is 6.32. The monoisotopic (exact) mass is 295 g/mol. The lowest BCUT2D eigenvalue weighted by molar-refractivity contribution is -0.136. The fourth-order valence-corrected chi connectivity index (χ4v) is 2.56. The molecule has 0 saturated heterocycles. The van der Waals surface area contributed by atoms with Crippen molar-refractivity contribution in [2.24, 2.45) is 5.10 Å². The molecule has 0 bridgehead atoms. The van der Waals surface area contributed by atoms with Crippen LogP contribution in [0.2, 0.25) is 0 Å². The predicted molar refractivity (Wildman–Crippen MR) is 71.9 cm³/mol. The molecule has 1 fully saturated rings. The van der Waals surface area contributed by atoms with Crippen LogP contribution in [0, 0.1) is 0 Å². The number of hydrogen-bond donors (Lipinski definition) is 1. The van der Waals surface area contributed by atoms with Crippen LogP contribution in [0.5, 0.6) is 0 Å². The molecule has 1 saturated carbocycles. The molecule has 110 valence electrons. The van der Waals surface area contributed by atoms with Crippen LogP contribution in [-0.2, 0) is 4.79 Å². The van der Waals surface area contributed by atoms with Gasteiger partial charge >= 0.3 is 0 Å². The summed E-state index contributed by atoms with van der Waals surface area (Å²) < 4.78 is 26.1. The molecule has 1 N–H and O–H groups in total. The number of hydrogen-bond acceptors (Lipinski definition) is 3. The number of amides is 1. The Morgan fingerprint density at radius 2 is 2.00 bits per heavy atom.